The average molecular weight is 651 g/mol. The van der Waals surface area contributed by atoms with E-state index in [2.05, 4.69) is 146 Å². The molecule has 0 aliphatic carbocycles. The third kappa shape index (κ3) is 5.24. The molecule has 10 aromatic rings. The summed E-state index contributed by atoms with van der Waals surface area (Å²) in [7, 11) is 0. The minimum Gasteiger partial charge on any atom is -0.456 e. The Labute approximate surface area is 295 Å². The molecule has 0 amide bonds. The smallest absolute Gasteiger partial charge is 0.160 e. The van der Waals surface area contributed by atoms with Crippen molar-refractivity contribution in [2.75, 3.05) is 0 Å². The molecule has 8 aromatic carbocycles. The first-order valence-electron chi connectivity index (χ1n) is 17.2. The molecule has 51 heavy (non-hydrogen) atoms. The average Bonchev–Trinajstić information content (AvgIpc) is 3.65. The van der Waals surface area contributed by atoms with Crippen molar-refractivity contribution in [1.82, 2.24) is 9.97 Å². The van der Waals surface area contributed by atoms with Crippen LogP contribution in [-0.2, 0) is 0 Å². The number of hydrogen-bond acceptors (Lipinski definition) is 3. The van der Waals surface area contributed by atoms with Crippen LogP contribution in [0.1, 0.15) is 0 Å². The van der Waals surface area contributed by atoms with Crippen LogP contribution in [0, 0.1) is 0 Å². The Morgan fingerprint density at radius 2 is 1.00 bits per heavy atom. The zero-order valence-corrected chi connectivity index (χ0v) is 27.6. The highest BCUT2D eigenvalue weighted by Crippen LogP contribution is 2.37. The van der Waals surface area contributed by atoms with Gasteiger partial charge in [0.1, 0.15) is 11.3 Å². The highest BCUT2D eigenvalue weighted by atomic mass is 16.3. The monoisotopic (exact) mass is 650 g/mol. The molecule has 0 fully saturated rings. The third-order valence-corrected chi connectivity index (χ3v) is 9.86. The lowest BCUT2D eigenvalue weighted by Crippen LogP contribution is -1.96. The molecule has 0 spiro atoms. The minimum absolute atomic E-state index is 0.690. The van der Waals surface area contributed by atoms with Gasteiger partial charge in [0, 0.05) is 27.6 Å². The molecule has 0 saturated carbocycles. The number of rotatable bonds is 5. The molecule has 0 N–H and O–H groups in total. The van der Waals surface area contributed by atoms with Crippen LogP contribution in [0.5, 0.6) is 0 Å². The van der Waals surface area contributed by atoms with Gasteiger partial charge in [-0.2, -0.15) is 0 Å². The van der Waals surface area contributed by atoms with E-state index >= 15 is 0 Å². The van der Waals surface area contributed by atoms with E-state index in [4.69, 9.17) is 14.4 Å². The molecule has 3 heteroatoms. The third-order valence-electron chi connectivity index (χ3n) is 9.86. The molecule has 238 valence electrons. The van der Waals surface area contributed by atoms with Gasteiger partial charge in [0.2, 0.25) is 0 Å². The van der Waals surface area contributed by atoms with Gasteiger partial charge in [0.15, 0.2) is 5.82 Å². The highest BCUT2D eigenvalue weighted by Gasteiger charge is 2.14. The maximum Gasteiger partial charge on any atom is 0.160 e. The van der Waals surface area contributed by atoms with Crippen LogP contribution in [0.25, 0.3) is 99.6 Å². The Kier molecular flexibility index (Phi) is 6.81. The van der Waals surface area contributed by atoms with Gasteiger partial charge in [-0.25, -0.2) is 9.97 Å². The second kappa shape index (κ2) is 11.9. The Morgan fingerprint density at radius 3 is 1.82 bits per heavy atom. The standard InChI is InChI=1S/C48H30N2O/c1-2-10-33(11-3-1)48-49-44(30-45(50-48)37-15-8-16-38(27-37)47-29-39-14-6-7-19-46(39)51-47)32-22-20-31(21-23-32)40-17-9-18-41-42(40)25-24-36-26-34-12-4-5-13-35(34)28-43(36)41/h1-30H. The van der Waals surface area contributed by atoms with E-state index in [0.717, 1.165) is 50.4 Å². The Bertz CT molecular complexity index is 2870. The van der Waals surface area contributed by atoms with Gasteiger partial charge >= 0.3 is 0 Å². The minimum atomic E-state index is 0.690. The molecule has 2 aromatic heterocycles. The van der Waals surface area contributed by atoms with Gasteiger partial charge in [-0.1, -0.05) is 146 Å². The van der Waals surface area contributed by atoms with Crippen LogP contribution in [0.2, 0.25) is 0 Å². The van der Waals surface area contributed by atoms with Crippen LogP contribution in [0.4, 0.5) is 0 Å². The summed E-state index contributed by atoms with van der Waals surface area (Å²) < 4.78 is 6.21. The molecular weight excluding hydrogens is 621 g/mol. The van der Waals surface area contributed by atoms with Crippen LogP contribution in [-0.4, -0.2) is 9.97 Å². The lowest BCUT2D eigenvalue weighted by atomic mass is 9.93. The van der Waals surface area contributed by atoms with Gasteiger partial charge < -0.3 is 4.42 Å². The van der Waals surface area contributed by atoms with Crippen molar-refractivity contribution in [3.8, 4) is 56.4 Å². The summed E-state index contributed by atoms with van der Waals surface area (Å²) in [6.07, 6.45) is 0. The lowest BCUT2D eigenvalue weighted by Gasteiger charge is -2.12. The summed E-state index contributed by atoms with van der Waals surface area (Å²) in [6, 6.07) is 64.0. The molecule has 10 rings (SSSR count). The fourth-order valence-corrected chi connectivity index (χ4v) is 7.27. The SMILES string of the molecule is c1ccc(-c2nc(-c3ccc(-c4cccc5c4ccc4cc6ccccc6cc45)cc3)cc(-c3cccc(-c4cc5ccccc5o4)c3)n2)cc1. The molecule has 0 aliphatic heterocycles. The van der Waals surface area contributed by atoms with Gasteiger partial charge in [0.25, 0.3) is 0 Å². The molecule has 0 aliphatic rings. The van der Waals surface area contributed by atoms with E-state index in [1.165, 1.54) is 43.4 Å². The quantitative estimate of drug-likeness (QED) is 0.137. The second-order valence-electron chi connectivity index (χ2n) is 13.0. The van der Waals surface area contributed by atoms with Crippen molar-refractivity contribution < 1.29 is 4.42 Å². The van der Waals surface area contributed by atoms with Crippen molar-refractivity contribution in [2.24, 2.45) is 0 Å². The van der Waals surface area contributed by atoms with E-state index in [1.54, 1.807) is 0 Å². The van der Waals surface area contributed by atoms with Crippen molar-refractivity contribution in [3.63, 3.8) is 0 Å². The predicted molar refractivity (Wildman–Crippen MR) is 212 cm³/mol. The first-order valence-corrected chi connectivity index (χ1v) is 17.2. The Balaban J connectivity index is 1.06. The van der Waals surface area contributed by atoms with Crippen molar-refractivity contribution >= 4 is 43.3 Å². The summed E-state index contributed by atoms with van der Waals surface area (Å²) in [5, 5.41) is 8.64. The summed E-state index contributed by atoms with van der Waals surface area (Å²) in [4.78, 5) is 10.2. The highest BCUT2D eigenvalue weighted by molar-refractivity contribution is 6.15. The van der Waals surface area contributed by atoms with Crippen LogP contribution in [0.15, 0.2) is 186 Å². The van der Waals surface area contributed by atoms with E-state index in [0.29, 0.717) is 5.82 Å². The number of nitrogens with zero attached hydrogens (tertiary/aromatic N) is 2. The van der Waals surface area contributed by atoms with E-state index in [-0.39, 0.29) is 0 Å². The number of furan rings is 1. The topological polar surface area (TPSA) is 38.9 Å². The largest absolute Gasteiger partial charge is 0.456 e. The second-order valence-corrected chi connectivity index (χ2v) is 13.0. The Hall–Kier alpha value is -6.84. The molecule has 3 nitrogen and oxygen atoms in total. The first-order chi connectivity index (χ1) is 25.2. The predicted octanol–water partition coefficient (Wildman–Crippen LogP) is 13.0. The number of hydrogen-bond donors (Lipinski definition) is 0. The fraction of sp³-hybridized carbons (Fsp3) is 0. The lowest BCUT2D eigenvalue weighted by molar-refractivity contribution is 0.631. The summed E-state index contributed by atoms with van der Waals surface area (Å²) in [5.74, 6) is 1.52. The maximum absolute atomic E-state index is 6.21. The molecule has 2 heterocycles. The molecule has 0 bridgehead atoms. The number of aromatic nitrogens is 2. The Morgan fingerprint density at radius 1 is 0.333 bits per heavy atom. The van der Waals surface area contributed by atoms with E-state index in [9.17, 15) is 0 Å². The zero-order valence-electron chi connectivity index (χ0n) is 27.6. The normalized spacial score (nSPS) is 11.5. The van der Waals surface area contributed by atoms with Crippen LogP contribution in [0.3, 0.4) is 0 Å². The molecule has 0 radical (unpaired) electrons. The number of fused-ring (bicyclic) bond motifs is 5. The van der Waals surface area contributed by atoms with E-state index < -0.39 is 0 Å². The maximum atomic E-state index is 6.21. The fourth-order valence-electron chi connectivity index (χ4n) is 7.27. The number of benzene rings is 8. The van der Waals surface area contributed by atoms with Gasteiger partial charge in [0.05, 0.1) is 11.4 Å². The van der Waals surface area contributed by atoms with Crippen LogP contribution >= 0.6 is 0 Å². The molecule has 0 saturated heterocycles. The van der Waals surface area contributed by atoms with Crippen LogP contribution < -0.4 is 0 Å². The molecule has 0 atom stereocenters. The molecule has 0 unspecified atom stereocenters. The summed E-state index contributed by atoms with van der Waals surface area (Å²) in [6.45, 7) is 0. The first kappa shape index (κ1) is 29.1. The zero-order chi connectivity index (χ0) is 33.7. The van der Waals surface area contributed by atoms with Crippen molar-refractivity contribution in [2.45, 2.75) is 0 Å². The van der Waals surface area contributed by atoms with Crippen molar-refractivity contribution in [3.05, 3.63) is 182 Å². The van der Waals surface area contributed by atoms with Gasteiger partial charge in [-0.15, -0.1) is 0 Å². The number of para-hydroxylation sites is 1. The summed E-state index contributed by atoms with van der Waals surface area (Å²) in [5.41, 5.74) is 9.00. The van der Waals surface area contributed by atoms with Gasteiger partial charge in [-0.3, -0.25) is 0 Å². The molecular formula is C48H30N2O. The van der Waals surface area contributed by atoms with Crippen molar-refractivity contribution in [1.29, 1.82) is 0 Å². The van der Waals surface area contributed by atoms with E-state index in [1.807, 2.05) is 36.4 Å². The summed E-state index contributed by atoms with van der Waals surface area (Å²) >= 11 is 0. The van der Waals surface area contributed by atoms with Gasteiger partial charge in [-0.05, 0) is 79.8 Å².